The smallest absolute Gasteiger partial charge is 0.344 e. The number of esters is 1. The molecule has 0 aliphatic rings. The number of hydrogen-bond donors (Lipinski definition) is 0. The molecule has 0 amide bonds. The number of fused-ring (bicyclic) bond motifs is 1. The summed E-state index contributed by atoms with van der Waals surface area (Å²) >= 11 is 9.22. The first-order valence-corrected chi connectivity index (χ1v) is 9.48. The van der Waals surface area contributed by atoms with E-state index in [2.05, 4.69) is 15.9 Å². The number of ether oxygens (including phenoxy) is 1. The SMILES string of the molecule is O=C(Oc1ccc2cc(-c3ccc(Cl)cc3)c(=O)oc2c1)c1ccc(Br)cc1. The number of carbonyl (C=O) groups is 1. The maximum Gasteiger partial charge on any atom is 0.344 e. The normalized spacial score (nSPS) is 10.8. The molecule has 1 aromatic heterocycles. The second-order valence-electron chi connectivity index (χ2n) is 6.05. The van der Waals surface area contributed by atoms with Crippen LogP contribution in [0.1, 0.15) is 10.4 Å². The van der Waals surface area contributed by atoms with Gasteiger partial charge < -0.3 is 9.15 Å². The molecule has 1 heterocycles. The minimum absolute atomic E-state index is 0.294. The zero-order valence-electron chi connectivity index (χ0n) is 14.3. The molecule has 0 saturated heterocycles. The molecular weight excluding hydrogens is 444 g/mol. The number of hydrogen-bond acceptors (Lipinski definition) is 4. The summed E-state index contributed by atoms with van der Waals surface area (Å²) < 4.78 is 11.7. The van der Waals surface area contributed by atoms with Gasteiger partial charge in [-0.2, -0.15) is 0 Å². The quantitative estimate of drug-likeness (QED) is 0.213. The standard InChI is InChI=1S/C22H12BrClO4/c23-16-6-1-14(2-7-16)21(25)27-18-10-5-15-11-19(22(26)28-20(15)12-18)13-3-8-17(24)9-4-13/h1-12H. The van der Waals surface area contributed by atoms with E-state index in [0.717, 1.165) is 4.47 Å². The number of rotatable bonds is 3. The van der Waals surface area contributed by atoms with Gasteiger partial charge in [-0.1, -0.05) is 39.7 Å². The van der Waals surface area contributed by atoms with Crippen molar-refractivity contribution in [2.24, 2.45) is 0 Å². The first-order valence-electron chi connectivity index (χ1n) is 8.31. The van der Waals surface area contributed by atoms with E-state index in [1.807, 2.05) is 0 Å². The molecule has 0 aliphatic carbocycles. The third-order valence-corrected chi connectivity index (χ3v) is 4.93. The van der Waals surface area contributed by atoms with Gasteiger partial charge in [-0.05, 0) is 60.2 Å². The van der Waals surface area contributed by atoms with Crippen LogP contribution in [0, 0.1) is 0 Å². The molecule has 28 heavy (non-hydrogen) atoms. The molecular formula is C22H12BrClO4. The summed E-state index contributed by atoms with van der Waals surface area (Å²) in [5.41, 5.74) is 1.42. The van der Waals surface area contributed by atoms with Crippen LogP contribution in [0.3, 0.4) is 0 Å². The average Bonchev–Trinajstić information content (AvgIpc) is 2.68. The van der Waals surface area contributed by atoms with Crippen molar-refractivity contribution < 1.29 is 13.9 Å². The van der Waals surface area contributed by atoms with Crippen LogP contribution >= 0.6 is 27.5 Å². The summed E-state index contributed by atoms with van der Waals surface area (Å²) in [6.07, 6.45) is 0. The van der Waals surface area contributed by atoms with Crippen LogP contribution in [0.5, 0.6) is 5.75 Å². The fourth-order valence-corrected chi connectivity index (χ4v) is 3.13. The van der Waals surface area contributed by atoms with Crippen LogP contribution in [0.2, 0.25) is 5.02 Å². The van der Waals surface area contributed by atoms with E-state index in [9.17, 15) is 9.59 Å². The Morgan fingerprint density at radius 1 is 0.929 bits per heavy atom. The van der Waals surface area contributed by atoms with Crippen molar-refractivity contribution >= 4 is 44.5 Å². The van der Waals surface area contributed by atoms with Gasteiger partial charge in [-0.25, -0.2) is 9.59 Å². The van der Waals surface area contributed by atoms with Gasteiger partial charge in [0.05, 0.1) is 11.1 Å². The molecule has 0 bridgehead atoms. The van der Waals surface area contributed by atoms with E-state index >= 15 is 0 Å². The highest BCUT2D eigenvalue weighted by atomic mass is 79.9. The van der Waals surface area contributed by atoms with E-state index in [4.69, 9.17) is 20.8 Å². The summed E-state index contributed by atoms with van der Waals surface area (Å²) in [7, 11) is 0. The zero-order chi connectivity index (χ0) is 19.7. The van der Waals surface area contributed by atoms with E-state index in [-0.39, 0.29) is 0 Å². The Labute approximate surface area is 173 Å². The fraction of sp³-hybridized carbons (Fsp3) is 0. The third kappa shape index (κ3) is 3.86. The molecule has 0 spiro atoms. The van der Waals surface area contributed by atoms with Crippen molar-refractivity contribution in [3.05, 3.63) is 98.3 Å². The van der Waals surface area contributed by atoms with Gasteiger partial charge in [-0.3, -0.25) is 0 Å². The van der Waals surface area contributed by atoms with Gasteiger partial charge in [-0.15, -0.1) is 0 Å². The van der Waals surface area contributed by atoms with Crippen LogP contribution in [-0.2, 0) is 0 Å². The average molecular weight is 456 g/mol. The van der Waals surface area contributed by atoms with Crippen molar-refractivity contribution in [3.8, 4) is 16.9 Å². The highest BCUT2D eigenvalue weighted by Crippen LogP contribution is 2.26. The van der Waals surface area contributed by atoms with Gasteiger partial charge >= 0.3 is 11.6 Å². The van der Waals surface area contributed by atoms with Crippen molar-refractivity contribution in [1.29, 1.82) is 0 Å². The molecule has 0 aliphatic heterocycles. The number of carbonyl (C=O) groups excluding carboxylic acids is 1. The molecule has 4 rings (SSSR count). The Bertz CT molecular complexity index is 1230. The molecule has 4 nitrogen and oxygen atoms in total. The Morgan fingerprint density at radius 3 is 2.36 bits per heavy atom. The summed E-state index contributed by atoms with van der Waals surface area (Å²) in [4.78, 5) is 24.6. The van der Waals surface area contributed by atoms with Gasteiger partial charge in [0.1, 0.15) is 11.3 Å². The molecule has 6 heteroatoms. The molecule has 0 atom stereocenters. The predicted octanol–water partition coefficient (Wildman–Crippen LogP) is 6.10. The highest BCUT2D eigenvalue weighted by molar-refractivity contribution is 9.10. The second kappa shape index (κ2) is 7.62. The molecule has 4 aromatic rings. The fourth-order valence-electron chi connectivity index (χ4n) is 2.74. The first-order chi connectivity index (χ1) is 13.5. The molecule has 0 unspecified atom stereocenters. The number of benzene rings is 3. The summed E-state index contributed by atoms with van der Waals surface area (Å²) in [6, 6.07) is 20.4. The minimum atomic E-state index is -0.494. The first kappa shape index (κ1) is 18.5. The molecule has 0 radical (unpaired) electrons. The summed E-state index contributed by atoms with van der Waals surface area (Å²) in [5.74, 6) is -0.199. The monoisotopic (exact) mass is 454 g/mol. The summed E-state index contributed by atoms with van der Waals surface area (Å²) in [5, 5.41) is 1.30. The van der Waals surface area contributed by atoms with Crippen LogP contribution in [0.25, 0.3) is 22.1 Å². The van der Waals surface area contributed by atoms with Gasteiger partial charge in [0.2, 0.25) is 0 Å². The van der Waals surface area contributed by atoms with Crippen LogP contribution < -0.4 is 10.4 Å². The van der Waals surface area contributed by atoms with Crippen LogP contribution in [0.4, 0.5) is 0 Å². The van der Waals surface area contributed by atoms with Crippen molar-refractivity contribution in [1.82, 2.24) is 0 Å². The lowest BCUT2D eigenvalue weighted by Gasteiger charge is -2.07. The van der Waals surface area contributed by atoms with Crippen molar-refractivity contribution in [2.75, 3.05) is 0 Å². The minimum Gasteiger partial charge on any atom is -0.423 e. The van der Waals surface area contributed by atoms with E-state index in [0.29, 0.717) is 38.4 Å². The van der Waals surface area contributed by atoms with Crippen molar-refractivity contribution in [3.63, 3.8) is 0 Å². The number of halogens is 2. The lowest BCUT2D eigenvalue weighted by atomic mass is 10.1. The Balaban J connectivity index is 1.65. The van der Waals surface area contributed by atoms with E-state index in [1.54, 1.807) is 66.7 Å². The highest BCUT2D eigenvalue weighted by Gasteiger charge is 2.12. The maximum absolute atomic E-state index is 12.4. The Morgan fingerprint density at radius 2 is 1.64 bits per heavy atom. The Hall–Kier alpha value is -2.89. The van der Waals surface area contributed by atoms with Crippen molar-refractivity contribution in [2.45, 2.75) is 0 Å². The molecule has 0 fully saturated rings. The van der Waals surface area contributed by atoms with Gasteiger partial charge in [0.25, 0.3) is 0 Å². The lowest BCUT2D eigenvalue weighted by molar-refractivity contribution is 0.0735. The van der Waals surface area contributed by atoms with Gasteiger partial charge in [0, 0.05) is 20.9 Å². The zero-order valence-corrected chi connectivity index (χ0v) is 16.7. The molecule has 3 aromatic carbocycles. The predicted molar refractivity (Wildman–Crippen MR) is 112 cm³/mol. The molecule has 0 saturated carbocycles. The van der Waals surface area contributed by atoms with Gasteiger partial charge in [0.15, 0.2) is 0 Å². The molecule has 0 N–H and O–H groups in total. The second-order valence-corrected chi connectivity index (χ2v) is 7.40. The largest absolute Gasteiger partial charge is 0.423 e. The Kier molecular flexibility index (Phi) is 5.03. The topological polar surface area (TPSA) is 56.5 Å². The molecule has 138 valence electrons. The van der Waals surface area contributed by atoms with Crippen LogP contribution in [0.15, 0.2) is 86.5 Å². The third-order valence-electron chi connectivity index (χ3n) is 4.15. The maximum atomic E-state index is 12.4. The van der Waals surface area contributed by atoms with E-state index < -0.39 is 11.6 Å². The van der Waals surface area contributed by atoms with Crippen LogP contribution in [-0.4, -0.2) is 5.97 Å². The summed E-state index contributed by atoms with van der Waals surface area (Å²) in [6.45, 7) is 0. The van der Waals surface area contributed by atoms with E-state index in [1.165, 1.54) is 6.07 Å². The lowest BCUT2D eigenvalue weighted by Crippen LogP contribution is -2.08.